The van der Waals surface area contributed by atoms with E-state index in [9.17, 15) is 9.59 Å². The Balaban J connectivity index is 1.85. The van der Waals surface area contributed by atoms with Crippen LogP contribution < -0.4 is 5.32 Å². The first-order chi connectivity index (χ1) is 15.1. The molecule has 1 heterocycles. The molecule has 1 N–H and O–H groups in total. The smallest absolute Gasteiger partial charge is 0.243 e. The fourth-order valence-electron chi connectivity index (χ4n) is 3.35. The summed E-state index contributed by atoms with van der Waals surface area (Å²) in [5.74, 6) is -0.258. The summed E-state index contributed by atoms with van der Waals surface area (Å²) in [6.07, 6.45) is 4.13. The highest BCUT2D eigenvalue weighted by Gasteiger charge is 2.29. The van der Waals surface area contributed by atoms with Gasteiger partial charge in [0, 0.05) is 43.3 Å². The van der Waals surface area contributed by atoms with Crippen molar-refractivity contribution in [2.75, 3.05) is 0 Å². The second kappa shape index (κ2) is 11.3. The first-order valence-electron chi connectivity index (χ1n) is 10.3. The van der Waals surface area contributed by atoms with E-state index in [2.05, 4.69) is 10.3 Å². The van der Waals surface area contributed by atoms with Crippen LogP contribution in [-0.2, 0) is 29.1 Å². The van der Waals surface area contributed by atoms with Crippen LogP contribution in [-0.4, -0.2) is 27.7 Å². The van der Waals surface area contributed by atoms with Gasteiger partial charge < -0.3 is 10.2 Å². The largest absolute Gasteiger partial charge is 0.350 e. The predicted molar refractivity (Wildman–Crippen MR) is 122 cm³/mol. The Morgan fingerprint density at radius 3 is 2.26 bits per heavy atom. The van der Waals surface area contributed by atoms with Gasteiger partial charge in [-0.05, 0) is 41.0 Å². The molecule has 3 rings (SSSR count). The van der Waals surface area contributed by atoms with Crippen LogP contribution in [0.3, 0.4) is 0 Å². The molecule has 2 aromatic carbocycles. The van der Waals surface area contributed by atoms with Gasteiger partial charge >= 0.3 is 0 Å². The molecule has 0 fully saturated rings. The van der Waals surface area contributed by atoms with E-state index in [1.54, 1.807) is 29.4 Å². The van der Waals surface area contributed by atoms with Crippen molar-refractivity contribution in [1.29, 1.82) is 0 Å². The number of nitrogens with zero attached hydrogens (tertiary/aromatic N) is 2. The van der Waals surface area contributed by atoms with E-state index < -0.39 is 6.04 Å². The third-order valence-electron chi connectivity index (χ3n) is 5.06. The van der Waals surface area contributed by atoms with Crippen LogP contribution in [0.4, 0.5) is 0 Å². The van der Waals surface area contributed by atoms with E-state index in [0.29, 0.717) is 31.0 Å². The lowest BCUT2D eigenvalue weighted by atomic mass is 10.0. The molecule has 160 valence electrons. The summed E-state index contributed by atoms with van der Waals surface area (Å²) in [7, 11) is 0. The number of halogens is 1. The normalized spacial score (nSPS) is 11.5. The molecule has 1 aromatic heterocycles. The highest BCUT2D eigenvalue weighted by atomic mass is 35.5. The summed E-state index contributed by atoms with van der Waals surface area (Å²) >= 11 is 6.01. The molecular weight excluding hydrogens is 410 g/mol. The van der Waals surface area contributed by atoms with E-state index in [0.717, 1.165) is 16.7 Å². The van der Waals surface area contributed by atoms with Gasteiger partial charge in [0.1, 0.15) is 6.04 Å². The number of hydrogen-bond donors (Lipinski definition) is 1. The fourth-order valence-corrected chi connectivity index (χ4v) is 3.48. The second-order valence-corrected chi connectivity index (χ2v) is 7.72. The van der Waals surface area contributed by atoms with Crippen molar-refractivity contribution in [2.45, 2.75) is 38.9 Å². The number of carbonyl (C=O) groups is 2. The van der Waals surface area contributed by atoms with Crippen LogP contribution >= 0.6 is 11.6 Å². The highest BCUT2D eigenvalue weighted by molar-refractivity contribution is 6.30. The maximum atomic E-state index is 13.3. The monoisotopic (exact) mass is 435 g/mol. The lowest BCUT2D eigenvalue weighted by Crippen LogP contribution is -2.50. The Morgan fingerprint density at radius 2 is 1.61 bits per heavy atom. The van der Waals surface area contributed by atoms with Crippen molar-refractivity contribution in [3.05, 3.63) is 101 Å². The topological polar surface area (TPSA) is 62.3 Å². The van der Waals surface area contributed by atoms with Crippen LogP contribution in [0.15, 0.2) is 79.1 Å². The van der Waals surface area contributed by atoms with Crippen molar-refractivity contribution in [1.82, 2.24) is 15.2 Å². The molecule has 1 atom stereocenters. The molecule has 0 unspecified atom stereocenters. The van der Waals surface area contributed by atoms with E-state index in [1.165, 1.54) is 0 Å². The van der Waals surface area contributed by atoms with E-state index in [4.69, 9.17) is 11.6 Å². The Hall–Kier alpha value is -3.18. The molecule has 0 aliphatic heterocycles. The van der Waals surface area contributed by atoms with E-state index >= 15 is 0 Å². The molecule has 0 radical (unpaired) electrons. The first kappa shape index (κ1) is 22.5. The number of amides is 2. The van der Waals surface area contributed by atoms with Crippen molar-refractivity contribution in [3.63, 3.8) is 0 Å². The van der Waals surface area contributed by atoms with Gasteiger partial charge in [0.2, 0.25) is 11.8 Å². The fraction of sp³-hybridized carbons (Fsp3) is 0.240. The average molecular weight is 436 g/mol. The number of rotatable bonds is 9. The predicted octanol–water partition coefficient (Wildman–Crippen LogP) is 4.40. The van der Waals surface area contributed by atoms with Crippen molar-refractivity contribution < 1.29 is 9.59 Å². The van der Waals surface area contributed by atoms with Gasteiger partial charge in [0.15, 0.2) is 0 Å². The number of benzene rings is 2. The average Bonchev–Trinajstić information content (AvgIpc) is 2.82. The van der Waals surface area contributed by atoms with Crippen LogP contribution in [0.1, 0.15) is 30.0 Å². The molecule has 5 nitrogen and oxygen atoms in total. The Bertz CT molecular complexity index is 979. The quantitative estimate of drug-likeness (QED) is 0.541. The van der Waals surface area contributed by atoms with Crippen molar-refractivity contribution in [3.8, 4) is 0 Å². The van der Waals surface area contributed by atoms with Crippen LogP contribution in [0.5, 0.6) is 0 Å². The summed E-state index contributed by atoms with van der Waals surface area (Å²) in [6, 6.07) is 20.2. The lowest BCUT2D eigenvalue weighted by molar-refractivity contribution is -0.141. The molecular formula is C25H26ClN3O2. The minimum atomic E-state index is -0.632. The van der Waals surface area contributed by atoms with Crippen LogP contribution in [0.25, 0.3) is 0 Å². The maximum absolute atomic E-state index is 13.3. The summed E-state index contributed by atoms with van der Waals surface area (Å²) in [6.45, 7) is 2.53. The minimum Gasteiger partial charge on any atom is -0.350 e. The molecule has 0 aliphatic carbocycles. The number of carbonyl (C=O) groups excluding carboxylic acids is 2. The van der Waals surface area contributed by atoms with Gasteiger partial charge in [0.25, 0.3) is 0 Å². The van der Waals surface area contributed by atoms with Gasteiger partial charge in [-0.1, -0.05) is 61.0 Å². The zero-order valence-corrected chi connectivity index (χ0v) is 18.3. The zero-order chi connectivity index (χ0) is 22.1. The summed E-state index contributed by atoms with van der Waals surface area (Å²) in [5.41, 5.74) is 2.87. The summed E-state index contributed by atoms with van der Waals surface area (Å²) in [5, 5.41) is 3.62. The summed E-state index contributed by atoms with van der Waals surface area (Å²) < 4.78 is 0. The molecule has 0 spiro atoms. The minimum absolute atomic E-state index is 0.0741. The van der Waals surface area contributed by atoms with Crippen LogP contribution in [0, 0.1) is 0 Å². The van der Waals surface area contributed by atoms with Gasteiger partial charge in [-0.2, -0.15) is 0 Å². The molecule has 0 saturated heterocycles. The van der Waals surface area contributed by atoms with Crippen molar-refractivity contribution >= 4 is 23.4 Å². The maximum Gasteiger partial charge on any atom is 0.243 e. The van der Waals surface area contributed by atoms with E-state index in [-0.39, 0.29) is 11.8 Å². The zero-order valence-electron chi connectivity index (χ0n) is 17.5. The Labute approximate surface area is 188 Å². The molecule has 2 amide bonds. The molecule has 31 heavy (non-hydrogen) atoms. The van der Waals surface area contributed by atoms with Crippen LogP contribution in [0.2, 0.25) is 5.02 Å². The number of nitrogens with one attached hydrogen (secondary N) is 1. The second-order valence-electron chi connectivity index (χ2n) is 7.28. The Morgan fingerprint density at radius 1 is 0.935 bits per heavy atom. The molecule has 0 aliphatic rings. The molecule has 6 heteroatoms. The van der Waals surface area contributed by atoms with Gasteiger partial charge in [0.05, 0.1) is 0 Å². The first-order valence-corrected chi connectivity index (χ1v) is 10.7. The third-order valence-corrected chi connectivity index (χ3v) is 5.31. The van der Waals surface area contributed by atoms with Gasteiger partial charge in [-0.3, -0.25) is 14.6 Å². The highest BCUT2D eigenvalue weighted by Crippen LogP contribution is 2.17. The lowest BCUT2D eigenvalue weighted by Gasteiger charge is -2.31. The van der Waals surface area contributed by atoms with E-state index in [1.807, 2.05) is 61.5 Å². The molecule has 3 aromatic rings. The molecule has 0 saturated carbocycles. The van der Waals surface area contributed by atoms with Gasteiger partial charge in [-0.15, -0.1) is 0 Å². The molecule has 0 bridgehead atoms. The van der Waals surface area contributed by atoms with Gasteiger partial charge in [-0.25, -0.2) is 0 Å². The third kappa shape index (κ3) is 6.66. The number of pyridine rings is 1. The Kier molecular flexibility index (Phi) is 8.19. The SMILES string of the molecule is CCC(=O)N(Cc1ccc(Cl)cc1)[C@H](Cc1ccccc1)C(=O)NCc1ccncc1. The summed E-state index contributed by atoms with van der Waals surface area (Å²) in [4.78, 5) is 31.9. The standard InChI is InChI=1S/C25H26ClN3O2/c1-2-24(30)29(18-21-8-10-22(26)11-9-21)23(16-19-6-4-3-5-7-19)25(31)28-17-20-12-14-27-15-13-20/h3-15,23H,2,16-18H2,1H3,(H,28,31)/t23-/m1/s1. The number of hydrogen-bond acceptors (Lipinski definition) is 3. The number of aromatic nitrogens is 1. The van der Waals surface area contributed by atoms with Crippen molar-refractivity contribution in [2.24, 2.45) is 0 Å².